The largest absolute Gasteiger partial charge is 0.398 e. The lowest BCUT2D eigenvalue weighted by molar-refractivity contribution is 1.24. The zero-order chi connectivity index (χ0) is 12.4. The predicted molar refractivity (Wildman–Crippen MR) is 75.6 cm³/mol. The van der Waals surface area contributed by atoms with Crippen LogP contribution in [0, 0.1) is 20.8 Å². The first-order valence-electron chi connectivity index (χ1n) is 5.68. The van der Waals surface area contributed by atoms with E-state index in [2.05, 4.69) is 45.0 Å². The molecular weight excluding hydrogens is 226 g/mol. The minimum Gasteiger partial charge on any atom is -0.398 e. The monoisotopic (exact) mass is 243 g/mol. The molecule has 0 heterocycles. The van der Waals surface area contributed by atoms with Gasteiger partial charge in [-0.05, 0) is 49.6 Å². The summed E-state index contributed by atoms with van der Waals surface area (Å²) in [4.78, 5) is 2.45. The van der Waals surface area contributed by atoms with E-state index >= 15 is 0 Å². The molecule has 0 spiro atoms. The number of anilines is 1. The van der Waals surface area contributed by atoms with E-state index in [0.29, 0.717) is 0 Å². The van der Waals surface area contributed by atoms with Crippen molar-refractivity contribution in [3.8, 4) is 0 Å². The molecule has 88 valence electrons. The van der Waals surface area contributed by atoms with Crippen LogP contribution in [0.3, 0.4) is 0 Å². The Morgan fingerprint density at radius 2 is 1.71 bits per heavy atom. The minimum absolute atomic E-state index is 0.857. The highest BCUT2D eigenvalue weighted by atomic mass is 32.2. The Labute approximate surface area is 107 Å². The van der Waals surface area contributed by atoms with E-state index in [4.69, 9.17) is 5.73 Å². The lowest BCUT2D eigenvalue weighted by Crippen LogP contribution is -1.91. The molecule has 0 aliphatic carbocycles. The van der Waals surface area contributed by atoms with Crippen LogP contribution in [-0.4, -0.2) is 0 Å². The van der Waals surface area contributed by atoms with Crippen molar-refractivity contribution >= 4 is 17.4 Å². The van der Waals surface area contributed by atoms with Crippen LogP contribution in [0.5, 0.6) is 0 Å². The molecule has 0 unspecified atom stereocenters. The fourth-order valence-electron chi connectivity index (χ4n) is 1.74. The summed E-state index contributed by atoms with van der Waals surface area (Å²) in [5.41, 5.74) is 10.7. The average molecular weight is 243 g/mol. The van der Waals surface area contributed by atoms with Gasteiger partial charge in [-0.15, -0.1) is 0 Å². The summed E-state index contributed by atoms with van der Waals surface area (Å²) < 4.78 is 0. The third kappa shape index (κ3) is 2.64. The van der Waals surface area contributed by atoms with Gasteiger partial charge in [0.15, 0.2) is 0 Å². The van der Waals surface area contributed by atoms with Gasteiger partial charge in [-0.2, -0.15) is 0 Å². The zero-order valence-corrected chi connectivity index (χ0v) is 11.3. The van der Waals surface area contributed by atoms with E-state index in [9.17, 15) is 0 Å². The van der Waals surface area contributed by atoms with E-state index in [1.165, 1.54) is 26.5 Å². The lowest BCUT2D eigenvalue weighted by atomic mass is 10.2. The quantitative estimate of drug-likeness (QED) is 0.794. The van der Waals surface area contributed by atoms with Crippen molar-refractivity contribution in [2.75, 3.05) is 5.73 Å². The maximum absolute atomic E-state index is 6.04. The third-order valence-electron chi connectivity index (χ3n) is 2.80. The summed E-state index contributed by atoms with van der Waals surface area (Å²) in [5, 5.41) is 0. The van der Waals surface area contributed by atoms with Crippen molar-refractivity contribution in [2.24, 2.45) is 0 Å². The van der Waals surface area contributed by atoms with Gasteiger partial charge < -0.3 is 5.73 Å². The van der Waals surface area contributed by atoms with Crippen LogP contribution in [0.4, 0.5) is 5.69 Å². The van der Waals surface area contributed by atoms with E-state index < -0.39 is 0 Å². The van der Waals surface area contributed by atoms with Crippen molar-refractivity contribution in [1.82, 2.24) is 0 Å². The molecule has 0 saturated heterocycles. The number of aryl methyl sites for hydroxylation is 3. The van der Waals surface area contributed by atoms with Gasteiger partial charge in [0, 0.05) is 15.5 Å². The van der Waals surface area contributed by atoms with Gasteiger partial charge in [0.25, 0.3) is 0 Å². The molecule has 0 aliphatic heterocycles. The third-order valence-corrected chi connectivity index (χ3v) is 4.22. The van der Waals surface area contributed by atoms with Gasteiger partial charge in [-0.1, -0.05) is 36.0 Å². The Hall–Kier alpha value is -1.41. The summed E-state index contributed by atoms with van der Waals surface area (Å²) in [6.07, 6.45) is 0. The van der Waals surface area contributed by atoms with Crippen LogP contribution < -0.4 is 5.73 Å². The molecule has 2 aromatic carbocycles. The molecule has 0 atom stereocenters. The fourth-order valence-corrected chi connectivity index (χ4v) is 2.85. The number of nitrogens with two attached hydrogens (primary N) is 1. The molecule has 2 rings (SSSR count). The second kappa shape index (κ2) is 4.84. The second-order valence-electron chi connectivity index (χ2n) is 4.36. The molecule has 2 heteroatoms. The molecule has 17 heavy (non-hydrogen) atoms. The maximum Gasteiger partial charge on any atom is 0.0458 e. The Balaban J connectivity index is 2.41. The van der Waals surface area contributed by atoms with Crippen molar-refractivity contribution in [2.45, 2.75) is 30.6 Å². The van der Waals surface area contributed by atoms with Gasteiger partial charge in [0.05, 0.1) is 0 Å². The van der Waals surface area contributed by atoms with Crippen molar-refractivity contribution in [1.29, 1.82) is 0 Å². The number of rotatable bonds is 2. The Morgan fingerprint density at radius 1 is 0.941 bits per heavy atom. The Bertz CT molecular complexity index is 526. The molecular formula is C15H17NS. The summed E-state index contributed by atoms with van der Waals surface area (Å²) in [6.45, 7) is 6.35. The summed E-state index contributed by atoms with van der Waals surface area (Å²) >= 11 is 1.76. The van der Waals surface area contributed by atoms with Gasteiger partial charge in [-0.25, -0.2) is 0 Å². The van der Waals surface area contributed by atoms with Crippen LogP contribution in [0.15, 0.2) is 46.2 Å². The zero-order valence-electron chi connectivity index (χ0n) is 10.4. The average Bonchev–Trinajstić information content (AvgIpc) is 2.28. The van der Waals surface area contributed by atoms with Crippen LogP contribution >= 0.6 is 11.8 Å². The van der Waals surface area contributed by atoms with Gasteiger partial charge in [-0.3, -0.25) is 0 Å². The molecule has 0 radical (unpaired) electrons. The van der Waals surface area contributed by atoms with Crippen molar-refractivity contribution < 1.29 is 0 Å². The van der Waals surface area contributed by atoms with E-state index in [0.717, 1.165) is 5.69 Å². The molecule has 0 fully saturated rings. The normalized spacial score (nSPS) is 10.5. The van der Waals surface area contributed by atoms with Gasteiger partial charge in [0.1, 0.15) is 0 Å². The smallest absolute Gasteiger partial charge is 0.0458 e. The molecule has 0 bridgehead atoms. The summed E-state index contributed by atoms with van der Waals surface area (Å²) in [7, 11) is 0. The summed E-state index contributed by atoms with van der Waals surface area (Å²) in [6, 6.07) is 12.6. The van der Waals surface area contributed by atoms with Crippen LogP contribution in [0.25, 0.3) is 0 Å². The summed E-state index contributed by atoms with van der Waals surface area (Å²) in [5.74, 6) is 0. The predicted octanol–water partition coefficient (Wildman–Crippen LogP) is 4.35. The number of nitrogen functional groups attached to an aromatic ring is 1. The van der Waals surface area contributed by atoms with Crippen LogP contribution in [-0.2, 0) is 0 Å². The standard InChI is InChI=1S/C15H17NS/c1-10-7-8-11(2)14(9-10)17-15-12(3)5-4-6-13(15)16/h4-9H,16H2,1-3H3. The lowest BCUT2D eigenvalue weighted by Gasteiger charge is -2.11. The number of hydrogen-bond acceptors (Lipinski definition) is 2. The highest BCUT2D eigenvalue weighted by molar-refractivity contribution is 7.99. The Morgan fingerprint density at radius 3 is 2.41 bits per heavy atom. The van der Waals surface area contributed by atoms with E-state index in [1.54, 1.807) is 11.8 Å². The van der Waals surface area contributed by atoms with Crippen LogP contribution in [0.1, 0.15) is 16.7 Å². The molecule has 0 aliphatic rings. The highest BCUT2D eigenvalue weighted by Crippen LogP contribution is 2.36. The van der Waals surface area contributed by atoms with E-state index in [1.807, 2.05) is 12.1 Å². The number of benzene rings is 2. The first-order chi connectivity index (χ1) is 8.08. The first-order valence-corrected chi connectivity index (χ1v) is 6.50. The second-order valence-corrected chi connectivity index (χ2v) is 5.42. The van der Waals surface area contributed by atoms with Gasteiger partial charge in [0.2, 0.25) is 0 Å². The minimum atomic E-state index is 0.857. The van der Waals surface area contributed by atoms with Crippen LogP contribution in [0.2, 0.25) is 0 Å². The van der Waals surface area contributed by atoms with E-state index in [-0.39, 0.29) is 0 Å². The maximum atomic E-state index is 6.04. The molecule has 2 N–H and O–H groups in total. The molecule has 0 saturated carbocycles. The molecule has 2 aromatic rings. The van der Waals surface area contributed by atoms with Gasteiger partial charge >= 0.3 is 0 Å². The van der Waals surface area contributed by atoms with Crippen molar-refractivity contribution in [3.63, 3.8) is 0 Å². The topological polar surface area (TPSA) is 26.0 Å². The Kier molecular flexibility index (Phi) is 3.43. The SMILES string of the molecule is Cc1ccc(C)c(Sc2c(C)cccc2N)c1. The molecule has 0 aromatic heterocycles. The van der Waals surface area contributed by atoms with Crippen molar-refractivity contribution in [3.05, 3.63) is 53.1 Å². The number of hydrogen-bond donors (Lipinski definition) is 1. The first kappa shape index (κ1) is 12.1. The highest BCUT2D eigenvalue weighted by Gasteiger charge is 2.07. The fraction of sp³-hybridized carbons (Fsp3) is 0.200. The molecule has 0 amide bonds. The molecule has 1 nitrogen and oxygen atoms in total.